The highest BCUT2D eigenvalue weighted by Crippen LogP contribution is 2.01. The summed E-state index contributed by atoms with van der Waals surface area (Å²) in [5.41, 5.74) is 5.72. The predicted octanol–water partition coefficient (Wildman–Crippen LogP) is 0.123. The highest BCUT2D eigenvalue weighted by Gasteiger charge is 2.13. The molecule has 1 aliphatic rings. The largest absolute Gasteiger partial charge is 0.480 e. The Balaban J connectivity index is 2.55. The van der Waals surface area contributed by atoms with Gasteiger partial charge in [-0.25, -0.2) is 0 Å². The Labute approximate surface area is 99.0 Å². The van der Waals surface area contributed by atoms with Crippen LogP contribution in [0, 0.1) is 0 Å². The molecule has 1 atom stereocenters. The minimum absolute atomic E-state index is 0.0983. The maximum absolute atomic E-state index is 11.7. The van der Waals surface area contributed by atoms with Crippen molar-refractivity contribution >= 4 is 11.9 Å². The number of carbonyl (C=O) groups is 2. The molecule has 0 aromatic rings. The van der Waals surface area contributed by atoms with Crippen molar-refractivity contribution in [3.05, 3.63) is 48.1 Å². The summed E-state index contributed by atoms with van der Waals surface area (Å²) < 4.78 is 0. The van der Waals surface area contributed by atoms with E-state index in [1.165, 1.54) is 0 Å². The molecule has 1 rings (SSSR count). The Kier molecular flexibility index (Phi) is 4.90. The molecule has 5 nitrogen and oxygen atoms in total. The maximum atomic E-state index is 11.7. The number of carboxylic acids is 1. The van der Waals surface area contributed by atoms with Crippen molar-refractivity contribution in [2.24, 2.45) is 5.73 Å². The topological polar surface area (TPSA) is 92.4 Å². The summed E-state index contributed by atoms with van der Waals surface area (Å²) >= 11 is 0. The molecule has 0 fully saturated rings. The monoisotopic (exact) mass is 234 g/mol. The number of rotatable bonds is 4. The van der Waals surface area contributed by atoms with Crippen molar-refractivity contribution in [3.63, 3.8) is 0 Å². The van der Waals surface area contributed by atoms with E-state index in [0.29, 0.717) is 5.57 Å². The first kappa shape index (κ1) is 12.9. The molecule has 0 radical (unpaired) electrons. The number of nitrogens with two attached hydrogens (primary N) is 1. The lowest BCUT2D eigenvalue weighted by Crippen LogP contribution is -2.42. The Bertz CT molecular complexity index is 419. The van der Waals surface area contributed by atoms with Crippen LogP contribution >= 0.6 is 0 Å². The third-order valence-electron chi connectivity index (χ3n) is 2.06. The van der Waals surface area contributed by atoms with Crippen LogP contribution in [0.4, 0.5) is 0 Å². The molecule has 1 amide bonds. The zero-order valence-electron chi connectivity index (χ0n) is 9.17. The maximum Gasteiger partial charge on any atom is 0.322 e. The molecule has 0 unspecified atom stereocenters. The summed E-state index contributed by atoms with van der Waals surface area (Å²) in [5.74, 6) is -1.49. The van der Waals surface area contributed by atoms with Crippen molar-refractivity contribution in [2.75, 3.05) is 6.54 Å². The van der Waals surface area contributed by atoms with Gasteiger partial charge in [0.05, 0.1) is 0 Å². The number of hydrogen-bond donors (Lipinski definition) is 3. The fourth-order valence-corrected chi connectivity index (χ4v) is 1.11. The van der Waals surface area contributed by atoms with Gasteiger partial charge in [0.2, 0.25) is 0 Å². The Morgan fingerprint density at radius 1 is 1.24 bits per heavy atom. The fourth-order valence-electron chi connectivity index (χ4n) is 1.11. The molecule has 5 heteroatoms. The quantitative estimate of drug-likeness (QED) is 0.644. The lowest BCUT2D eigenvalue weighted by molar-refractivity contribution is -0.138. The van der Waals surface area contributed by atoms with Crippen LogP contribution in [-0.2, 0) is 9.59 Å². The van der Waals surface area contributed by atoms with E-state index in [1.807, 2.05) is 6.08 Å². The van der Waals surface area contributed by atoms with Gasteiger partial charge in [0, 0.05) is 12.1 Å². The van der Waals surface area contributed by atoms with Crippen LogP contribution in [0.15, 0.2) is 48.1 Å². The molecule has 0 saturated heterocycles. The van der Waals surface area contributed by atoms with Crippen LogP contribution in [0.5, 0.6) is 0 Å². The third kappa shape index (κ3) is 4.48. The summed E-state index contributed by atoms with van der Waals surface area (Å²) in [6, 6.07) is -1.09. The Morgan fingerprint density at radius 2 is 1.88 bits per heavy atom. The molecule has 0 aliphatic heterocycles. The summed E-state index contributed by atoms with van der Waals surface area (Å²) in [6.45, 7) is -0.0983. The number of amides is 1. The van der Waals surface area contributed by atoms with Gasteiger partial charge in [-0.15, -0.1) is 0 Å². The standard InChI is InChI=1S/C12H14N2O3/c13-10(12(16)17)8-14-11(15)9-6-4-2-1-3-5-7-9/h1-7,10H,8,13H2,(H,14,15)(H,16,17)/b2-1-,3-1?,4-2?,5-3-,6-4-,7-5?,9-6?,9-7+/t10-/m0/s1. The number of hydrogen-bond acceptors (Lipinski definition) is 3. The van der Waals surface area contributed by atoms with Crippen molar-refractivity contribution in [1.82, 2.24) is 5.32 Å². The van der Waals surface area contributed by atoms with Gasteiger partial charge in [-0.3, -0.25) is 9.59 Å². The van der Waals surface area contributed by atoms with Gasteiger partial charge < -0.3 is 16.2 Å². The molecule has 1 aliphatic carbocycles. The summed E-state index contributed by atoms with van der Waals surface area (Å²) in [4.78, 5) is 22.1. The molecule has 17 heavy (non-hydrogen) atoms. The minimum Gasteiger partial charge on any atom is -0.480 e. The first-order valence-corrected chi connectivity index (χ1v) is 5.09. The SMILES string of the molecule is N[C@@H](CNC(=O)C1=C/C=C\C=C/C=C\1)C(=O)O. The van der Waals surface area contributed by atoms with E-state index in [-0.39, 0.29) is 12.5 Å². The average Bonchev–Trinajstić information content (AvgIpc) is 2.24. The predicted molar refractivity (Wildman–Crippen MR) is 64.1 cm³/mol. The first-order chi connectivity index (χ1) is 8.11. The second-order valence-corrected chi connectivity index (χ2v) is 3.41. The minimum atomic E-state index is -1.14. The zero-order valence-corrected chi connectivity index (χ0v) is 9.17. The van der Waals surface area contributed by atoms with Crippen LogP contribution in [0.3, 0.4) is 0 Å². The van der Waals surface area contributed by atoms with E-state index in [9.17, 15) is 9.59 Å². The van der Waals surface area contributed by atoms with E-state index < -0.39 is 12.0 Å². The van der Waals surface area contributed by atoms with Crippen LogP contribution in [-0.4, -0.2) is 29.6 Å². The van der Waals surface area contributed by atoms with Gasteiger partial charge in [0.15, 0.2) is 0 Å². The van der Waals surface area contributed by atoms with E-state index in [1.54, 1.807) is 36.5 Å². The smallest absolute Gasteiger partial charge is 0.322 e. The number of carbonyl (C=O) groups excluding carboxylic acids is 1. The Hall–Kier alpha value is -2.14. The van der Waals surface area contributed by atoms with Crippen molar-refractivity contribution in [2.45, 2.75) is 6.04 Å². The van der Waals surface area contributed by atoms with E-state index in [2.05, 4.69) is 5.32 Å². The highest BCUT2D eigenvalue weighted by molar-refractivity contribution is 5.96. The van der Waals surface area contributed by atoms with Crippen molar-refractivity contribution in [1.29, 1.82) is 0 Å². The Morgan fingerprint density at radius 3 is 2.59 bits per heavy atom. The molecule has 0 bridgehead atoms. The normalized spacial score (nSPS) is 24.4. The molecular formula is C12H14N2O3. The molecule has 90 valence electrons. The van der Waals surface area contributed by atoms with E-state index in [0.717, 1.165) is 0 Å². The third-order valence-corrected chi connectivity index (χ3v) is 2.06. The highest BCUT2D eigenvalue weighted by atomic mass is 16.4. The molecule has 0 aromatic heterocycles. The first-order valence-electron chi connectivity index (χ1n) is 5.09. The van der Waals surface area contributed by atoms with Gasteiger partial charge in [0.25, 0.3) is 5.91 Å². The summed E-state index contributed by atoms with van der Waals surface area (Å²) in [5, 5.41) is 11.0. The van der Waals surface area contributed by atoms with Crippen molar-refractivity contribution < 1.29 is 14.7 Å². The molecular weight excluding hydrogens is 220 g/mol. The second-order valence-electron chi connectivity index (χ2n) is 3.41. The van der Waals surface area contributed by atoms with Gasteiger partial charge >= 0.3 is 5.97 Å². The van der Waals surface area contributed by atoms with E-state index in [4.69, 9.17) is 10.8 Å². The van der Waals surface area contributed by atoms with Gasteiger partial charge in [-0.05, 0) is 12.2 Å². The number of aliphatic carboxylic acids is 1. The van der Waals surface area contributed by atoms with E-state index >= 15 is 0 Å². The molecule has 0 spiro atoms. The number of allylic oxidation sites excluding steroid dienone is 6. The number of nitrogens with one attached hydrogen (secondary N) is 1. The zero-order chi connectivity index (χ0) is 12.7. The fraction of sp³-hybridized carbons (Fsp3) is 0.167. The molecule has 0 aromatic carbocycles. The van der Waals surface area contributed by atoms with Crippen LogP contribution in [0.25, 0.3) is 0 Å². The van der Waals surface area contributed by atoms with Crippen LogP contribution in [0.2, 0.25) is 0 Å². The average molecular weight is 234 g/mol. The molecule has 0 saturated carbocycles. The van der Waals surface area contributed by atoms with Crippen LogP contribution in [0.1, 0.15) is 0 Å². The van der Waals surface area contributed by atoms with Crippen molar-refractivity contribution in [3.8, 4) is 0 Å². The number of carboxylic acid groups (broad SMARTS) is 1. The van der Waals surface area contributed by atoms with Gasteiger partial charge in [-0.1, -0.05) is 30.4 Å². The lowest BCUT2D eigenvalue weighted by atomic mass is 10.1. The lowest BCUT2D eigenvalue weighted by Gasteiger charge is -2.08. The van der Waals surface area contributed by atoms with Gasteiger partial charge in [-0.2, -0.15) is 0 Å². The van der Waals surface area contributed by atoms with Crippen LogP contribution < -0.4 is 11.1 Å². The van der Waals surface area contributed by atoms with Gasteiger partial charge in [0.1, 0.15) is 6.04 Å². The molecule has 0 heterocycles. The second kappa shape index (κ2) is 6.44. The summed E-state index contributed by atoms with van der Waals surface area (Å²) in [6.07, 6.45) is 12.2. The summed E-state index contributed by atoms with van der Waals surface area (Å²) in [7, 11) is 0. The molecule has 4 N–H and O–H groups in total.